The van der Waals surface area contributed by atoms with Crippen molar-refractivity contribution in [1.29, 1.82) is 0 Å². The number of aryl methyl sites for hydroxylation is 1. The number of hydrogen-bond donors (Lipinski definition) is 2. The monoisotopic (exact) mass is 378 g/mol. The van der Waals surface area contributed by atoms with Crippen LogP contribution in [0.5, 0.6) is 0 Å². The Hall–Kier alpha value is -3.94. The van der Waals surface area contributed by atoms with Crippen LogP contribution in [0.2, 0.25) is 0 Å². The predicted octanol–water partition coefficient (Wildman–Crippen LogP) is 3.73. The SMILES string of the molecule is Cc1ccc(-c2ccc(/C=N\NC(=O)CNc3ccccc3)o2)cc1[N+](=O)[O-]. The van der Waals surface area contributed by atoms with Crippen LogP contribution in [0.3, 0.4) is 0 Å². The number of para-hydroxylation sites is 1. The van der Waals surface area contributed by atoms with Gasteiger partial charge >= 0.3 is 0 Å². The molecule has 0 bridgehead atoms. The molecule has 0 unspecified atom stereocenters. The molecule has 8 nitrogen and oxygen atoms in total. The topological polar surface area (TPSA) is 110 Å². The third kappa shape index (κ3) is 4.82. The molecule has 8 heteroatoms. The summed E-state index contributed by atoms with van der Waals surface area (Å²) in [5.74, 6) is 0.581. The first-order valence-electron chi connectivity index (χ1n) is 8.49. The lowest BCUT2D eigenvalue weighted by atomic mass is 10.1. The quantitative estimate of drug-likeness (QED) is 0.370. The lowest BCUT2D eigenvalue weighted by Gasteiger charge is -2.04. The summed E-state index contributed by atoms with van der Waals surface area (Å²) in [6.45, 7) is 1.76. The second-order valence-electron chi connectivity index (χ2n) is 5.97. The van der Waals surface area contributed by atoms with Crippen molar-refractivity contribution >= 4 is 23.5 Å². The van der Waals surface area contributed by atoms with Crippen molar-refractivity contribution in [2.75, 3.05) is 11.9 Å². The molecule has 2 aromatic carbocycles. The fourth-order valence-electron chi connectivity index (χ4n) is 2.48. The summed E-state index contributed by atoms with van der Waals surface area (Å²) in [5, 5.41) is 17.9. The molecule has 1 aromatic heterocycles. The third-order valence-corrected chi connectivity index (χ3v) is 3.93. The number of carbonyl (C=O) groups is 1. The number of benzene rings is 2. The molecule has 3 aromatic rings. The largest absolute Gasteiger partial charge is 0.455 e. The number of nitrogens with one attached hydrogen (secondary N) is 2. The molecule has 1 heterocycles. The van der Waals surface area contributed by atoms with E-state index in [1.165, 1.54) is 12.3 Å². The van der Waals surface area contributed by atoms with Crippen LogP contribution < -0.4 is 10.7 Å². The van der Waals surface area contributed by atoms with E-state index in [2.05, 4.69) is 15.8 Å². The van der Waals surface area contributed by atoms with E-state index in [0.29, 0.717) is 22.6 Å². The average molecular weight is 378 g/mol. The highest BCUT2D eigenvalue weighted by Crippen LogP contribution is 2.27. The van der Waals surface area contributed by atoms with Gasteiger partial charge in [-0.3, -0.25) is 14.9 Å². The maximum atomic E-state index is 11.8. The molecule has 2 N–H and O–H groups in total. The first kappa shape index (κ1) is 18.8. The summed E-state index contributed by atoms with van der Waals surface area (Å²) >= 11 is 0. The van der Waals surface area contributed by atoms with E-state index < -0.39 is 4.92 Å². The standard InChI is InChI=1S/C20H18N4O4/c1-14-7-8-15(11-18(14)24(26)27)19-10-9-17(28-19)12-22-23-20(25)13-21-16-5-3-2-4-6-16/h2-12,21H,13H2,1H3,(H,23,25)/b22-12-. The summed E-state index contributed by atoms with van der Waals surface area (Å²) in [4.78, 5) is 22.4. The maximum Gasteiger partial charge on any atom is 0.273 e. The lowest BCUT2D eigenvalue weighted by Crippen LogP contribution is -2.25. The molecule has 1 amide bonds. The van der Waals surface area contributed by atoms with Gasteiger partial charge in [-0.25, -0.2) is 5.43 Å². The Kier molecular flexibility index (Phi) is 5.81. The Morgan fingerprint density at radius 2 is 1.96 bits per heavy atom. The number of carbonyl (C=O) groups excluding carboxylic acids is 1. The number of nitrogens with zero attached hydrogens (tertiary/aromatic N) is 2. The highest BCUT2D eigenvalue weighted by Gasteiger charge is 2.13. The van der Waals surface area contributed by atoms with Gasteiger partial charge in [-0.05, 0) is 31.2 Å². The van der Waals surface area contributed by atoms with Crippen LogP contribution in [-0.4, -0.2) is 23.6 Å². The smallest absolute Gasteiger partial charge is 0.273 e. The second-order valence-corrected chi connectivity index (χ2v) is 5.97. The molecular weight excluding hydrogens is 360 g/mol. The number of anilines is 1. The van der Waals surface area contributed by atoms with Crippen molar-refractivity contribution < 1.29 is 14.1 Å². The van der Waals surface area contributed by atoms with Gasteiger partial charge in [-0.15, -0.1) is 0 Å². The Morgan fingerprint density at radius 1 is 1.18 bits per heavy atom. The molecule has 0 atom stereocenters. The average Bonchev–Trinajstić information content (AvgIpc) is 3.16. The van der Waals surface area contributed by atoms with Crippen molar-refractivity contribution in [2.45, 2.75) is 6.92 Å². The molecule has 0 aliphatic rings. The Balaban J connectivity index is 1.58. The normalized spacial score (nSPS) is 10.8. The molecule has 0 saturated carbocycles. The summed E-state index contributed by atoms with van der Waals surface area (Å²) in [6.07, 6.45) is 1.37. The van der Waals surface area contributed by atoms with Crippen LogP contribution in [0.25, 0.3) is 11.3 Å². The summed E-state index contributed by atoms with van der Waals surface area (Å²) < 4.78 is 5.62. The van der Waals surface area contributed by atoms with Crippen molar-refractivity contribution in [3.63, 3.8) is 0 Å². The number of nitro groups is 1. The Labute approximate surface area is 161 Å². The Morgan fingerprint density at radius 3 is 2.71 bits per heavy atom. The number of hydrogen-bond acceptors (Lipinski definition) is 6. The van der Waals surface area contributed by atoms with Gasteiger partial charge in [0.15, 0.2) is 0 Å². The van der Waals surface area contributed by atoms with E-state index in [0.717, 1.165) is 5.69 Å². The molecule has 0 radical (unpaired) electrons. The molecule has 0 saturated heterocycles. The van der Waals surface area contributed by atoms with Gasteiger partial charge in [0.25, 0.3) is 11.6 Å². The molecule has 28 heavy (non-hydrogen) atoms. The Bertz CT molecular complexity index is 1010. The highest BCUT2D eigenvalue weighted by molar-refractivity contribution is 5.83. The number of nitro benzene ring substituents is 1. The van der Waals surface area contributed by atoms with E-state index in [4.69, 9.17) is 4.42 Å². The summed E-state index contributed by atoms with van der Waals surface area (Å²) in [6, 6.07) is 17.6. The summed E-state index contributed by atoms with van der Waals surface area (Å²) in [7, 11) is 0. The van der Waals surface area contributed by atoms with Crippen LogP contribution in [0.15, 0.2) is 70.2 Å². The third-order valence-electron chi connectivity index (χ3n) is 3.93. The van der Waals surface area contributed by atoms with Crippen LogP contribution in [0.4, 0.5) is 11.4 Å². The van der Waals surface area contributed by atoms with Gasteiger partial charge < -0.3 is 9.73 Å². The van der Waals surface area contributed by atoms with Crippen LogP contribution >= 0.6 is 0 Å². The van der Waals surface area contributed by atoms with Crippen molar-refractivity contribution in [1.82, 2.24) is 5.43 Å². The van der Waals surface area contributed by atoms with Crippen molar-refractivity contribution in [3.05, 3.63) is 82.1 Å². The fourth-order valence-corrected chi connectivity index (χ4v) is 2.48. The second kappa shape index (κ2) is 8.63. The van der Waals surface area contributed by atoms with E-state index >= 15 is 0 Å². The highest BCUT2D eigenvalue weighted by atomic mass is 16.6. The summed E-state index contributed by atoms with van der Waals surface area (Å²) in [5.41, 5.74) is 4.44. The number of furan rings is 1. The zero-order valence-electron chi connectivity index (χ0n) is 15.1. The number of hydrazone groups is 1. The molecule has 0 spiro atoms. The van der Waals surface area contributed by atoms with Crippen LogP contribution in [0.1, 0.15) is 11.3 Å². The minimum absolute atomic E-state index is 0.0299. The van der Waals surface area contributed by atoms with E-state index in [-0.39, 0.29) is 18.1 Å². The molecule has 0 fully saturated rings. The molecule has 0 aliphatic carbocycles. The van der Waals surface area contributed by atoms with E-state index in [1.54, 1.807) is 31.2 Å². The minimum Gasteiger partial charge on any atom is -0.455 e. The van der Waals surface area contributed by atoms with Gasteiger partial charge in [0.05, 0.1) is 17.7 Å². The molecule has 0 aliphatic heterocycles. The zero-order chi connectivity index (χ0) is 19.9. The maximum absolute atomic E-state index is 11.8. The lowest BCUT2D eigenvalue weighted by molar-refractivity contribution is -0.385. The van der Waals surface area contributed by atoms with Crippen LogP contribution in [-0.2, 0) is 4.79 Å². The fraction of sp³-hybridized carbons (Fsp3) is 0.100. The predicted molar refractivity (Wildman–Crippen MR) is 106 cm³/mol. The van der Waals surface area contributed by atoms with E-state index in [9.17, 15) is 14.9 Å². The molecular formula is C20H18N4O4. The van der Waals surface area contributed by atoms with Gasteiger partial charge in [0.2, 0.25) is 0 Å². The van der Waals surface area contributed by atoms with Crippen molar-refractivity contribution in [3.8, 4) is 11.3 Å². The first-order valence-corrected chi connectivity index (χ1v) is 8.49. The van der Waals surface area contributed by atoms with E-state index in [1.807, 2.05) is 30.3 Å². The zero-order valence-corrected chi connectivity index (χ0v) is 15.1. The number of amides is 1. The van der Waals surface area contributed by atoms with Crippen molar-refractivity contribution in [2.24, 2.45) is 5.10 Å². The van der Waals surface area contributed by atoms with Gasteiger partial charge in [0.1, 0.15) is 11.5 Å². The van der Waals surface area contributed by atoms with Gasteiger partial charge in [0, 0.05) is 22.9 Å². The van der Waals surface area contributed by atoms with Crippen LogP contribution in [0, 0.1) is 17.0 Å². The van der Waals surface area contributed by atoms with Gasteiger partial charge in [-0.2, -0.15) is 5.10 Å². The molecule has 142 valence electrons. The number of rotatable bonds is 7. The molecule has 3 rings (SSSR count). The van der Waals surface area contributed by atoms with Gasteiger partial charge in [-0.1, -0.05) is 30.3 Å². The minimum atomic E-state index is -0.427. The first-order chi connectivity index (χ1) is 13.5.